The van der Waals surface area contributed by atoms with E-state index in [0.29, 0.717) is 17.0 Å². The van der Waals surface area contributed by atoms with Gasteiger partial charge in [0, 0.05) is 5.56 Å². The van der Waals surface area contributed by atoms with Crippen LogP contribution in [0.4, 0.5) is 0 Å². The summed E-state index contributed by atoms with van der Waals surface area (Å²) in [5.74, 6) is 0.303. The Morgan fingerprint density at radius 1 is 1.00 bits per heavy atom. The lowest BCUT2D eigenvalue weighted by atomic mass is 10.1. The Morgan fingerprint density at radius 3 is 2.52 bits per heavy atom. The zero-order valence-corrected chi connectivity index (χ0v) is 12.2. The quantitative estimate of drug-likeness (QED) is 0.856. The van der Waals surface area contributed by atoms with Gasteiger partial charge >= 0.3 is 10.3 Å². The maximum Gasteiger partial charge on any atom is 0.429 e. The summed E-state index contributed by atoms with van der Waals surface area (Å²) in [6.45, 7) is 2.00. The number of hydrogen-bond acceptors (Lipinski definition) is 3. The van der Waals surface area contributed by atoms with Crippen LogP contribution in [-0.2, 0) is 10.3 Å². The molecular formula is C16H13NO3S. The lowest BCUT2D eigenvalue weighted by Crippen LogP contribution is -2.17. The molecule has 0 N–H and O–H groups in total. The van der Waals surface area contributed by atoms with E-state index in [9.17, 15) is 8.42 Å². The molecule has 1 aliphatic rings. The minimum absolute atomic E-state index is 0.303. The number of aryl methyl sites for hydroxylation is 1. The number of hydrogen-bond donors (Lipinski definition) is 0. The zero-order chi connectivity index (χ0) is 14.9. The minimum Gasteiger partial charge on any atom is -0.365 e. The van der Waals surface area contributed by atoms with Crippen LogP contribution in [0.2, 0.25) is 0 Å². The third-order valence-electron chi connectivity index (χ3n) is 3.18. The van der Waals surface area contributed by atoms with Crippen LogP contribution in [0.1, 0.15) is 16.7 Å². The van der Waals surface area contributed by atoms with Crippen LogP contribution < -0.4 is 4.18 Å². The molecule has 0 unspecified atom stereocenters. The molecule has 4 nitrogen and oxygen atoms in total. The molecule has 106 valence electrons. The summed E-state index contributed by atoms with van der Waals surface area (Å²) in [6.07, 6.45) is 3.55. The molecular weight excluding hydrogens is 286 g/mol. The molecule has 0 saturated carbocycles. The van der Waals surface area contributed by atoms with Crippen molar-refractivity contribution in [3.63, 3.8) is 0 Å². The van der Waals surface area contributed by atoms with E-state index in [0.717, 1.165) is 11.1 Å². The van der Waals surface area contributed by atoms with Crippen molar-refractivity contribution in [2.75, 3.05) is 0 Å². The lowest BCUT2D eigenvalue weighted by Gasteiger charge is -2.14. The molecule has 0 aromatic heterocycles. The number of para-hydroxylation sites is 1. The monoisotopic (exact) mass is 299 g/mol. The number of benzene rings is 2. The third kappa shape index (κ3) is 2.87. The first-order valence-electron chi connectivity index (χ1n) is 6.43. The van der Waals surface area contributed by atoms with Crippen LogP contribution >= 0.6 is 0 Å². The molecule has 0 aliphatic carbocycles. The average Bonchev–Trinajstić information content (AvgIpc) is 2.45. The second kappa shape index (κ2) is 5.18. The summed E-state index contributed by atoms with van der Waals surface area (Å²) in [7, 11) is -3.92. The molecule has 1 heterocycles. The predicted molar refractivity (Wildman–Crippen MR) is 82.7 cm³/mol. The normalized spacial score (nSPS) is 16.1. The van der Waals surface area contributed by atoms with Gasteiger partial charge in [0.1, 0.15) is 0 Å². The number of nitrogens with zero attached hydrogens (tertiary/aromatic N) is 1. The predicted octanol–water partition coefficient (Wildman–Crippen LogP) is 3.13. The number of fused-ring (bicyclic) bond motifs is 1. The second-order valence-corrected chi connectivity index (χ2v) is 5.88. The van der Waals surface area contributed by atoms with Gasteiger partial charge in [0.25, 0.3) is 0 Å². The van der Waals surface area contributed by atoms with Crippen LogP contribution in [0.25, 0.3) is 6.08 Å². The molecule has 0 atom stereocenters. The second-order valence-electron chi connectivity index (χ2n) is 4.67. The molecule has 0 spiro atoms. The summed E-state index contributed by atoms with van der Waals surface area (Å²) in [4.78, 5) is 0. The van der Waals surface area contributed by atoms with Gasteiger partial charge in [-0.1, -0.05) is 42.5 Å². The van der Waals surface area contributed by atoms with Crippen molar-refractivity contribution >= 4 is 22.1 Å². The Labute approximate surface area is 123 Å². The SMILES string of the molecule is Cc1ccccc1C=CC1=NS(=O)(=O)Oc2ccccc21. The fraction of sp³-hybridized carbons (Fsp3) is 0.0625. The van der Waals surface area contributed by atoms with Crippen molar-refractivity contribution in [3.8, 4) is 5.75 Å². The van der Waals surface area contributed by atoms with Crippen molar-refractivity contribution in [2.24, 2.45) is 4.40 Å². The van der Waals surface area contributed by atoms with Gasteiger partial charge in [-0.25, -0.2) is 0 Å². The Kier molecular flexibility index (Phi) is 3.35. The first-order chi connectivity index (χ1) is 10.1. The van der Waals surface area contributed by atoms with Gasteiger partial charge in [-0.05, 0) is 36.3 Å². The molecule has 5 heteroatoms. The first kappa shape index (κ1) is 13.6. The van der Waals surface area contributed by atoms with E-state index in [2.05, 4.69) is 4.40 Å². The van der Waals surface area contributed by atoms with Gasteiger partial charge in [0.05, 0.1) is 5.71 Å². The Morgan fingerprint density at radius 2 is 1.71 bits per heavy atom. The van der Waals surface area contributed by atoms with Crippen LogP contribution in [0.15, 0.2) is 59.0 Å². The topological polar surface area (TPSA) is 55.7 Å². The standard InChI is InChI=1S/C16H13NO3S/c1-12-6-2-3-7-13(12)10-11-15-14-8-4-5-9-16(14)20-21(18,19)17-15/h2-11H,1H3. The van der Waals surface area contributed by atoms with E-state index in [4.69, 9.17) is 4.18 Å². The molecule has 1 aliphatic heterocycles. The molecule has 0 radical (unpaired) electrons. The third-order valence-corrected chi connectivity index (χ3v) is 3.99. The van der Waals surface area contributed by atoms with Crippen molar-refractivity contribution in [1.29, 1.82) is 0 Å². The molecule has 0 amide bonds. The maximum absolute atomic E-state index is 11.7. The largest absolute Gasteiger partial charge is 0.429 e. The van der Waals surface area contributed by atoms with Crippen molar-refractivity contribution in [2.45, 2.75) is 6.92 Å². The average molecular weight is 299 g/mol. The fourth-order valence-corrected chi connectivity index (χ4v) is 2.92. The van der Waals surface area contributed by atoms with Crippen LogP contribution in [0, 0.1) is 6.92 Å². The molecule has 2 aromatic carbocycles. The molecule has 0 saturated heterocycles. The summed E-state index contributed by atoms with van der Waals surface area (Å²) in [6, 6.07) is 14.8. The smallest absolute Gasteiger partial charge is 0.365 e. The van der Waals surface area contributed by atoms with Gasteiger partial charge in [-0.2, -0.15) is 8.42 Å². The Balaban J connectivity index is 2.05. The molecule has 2 aromatic rings. The summed E-state index contributed by atoms with van der Waals surface area (Å²) in [5, 5.41) is 0. The van der Waals surface area contributed by atoms with Crippen LogP contribution in [-0.4, -0.2) is 14.1 Å². The summed E-state index contributed by atoms with van der Waals surface area (Å²) < 4.78 is 31.9. The van der Waals surface area contributed by atoms with Crippen molar-refractivity contribution < 1.29 is 12.6 Å². The van der Waals surface area contributed by atoms with Crippen LogP contribution in [0.3, 0.4) is 0 Å². The zero-order valence-electron chi connectivity index (χ0n) is 11.4. The number of allylic oxidation sites excluding steroid dienone is 1. The van der Waals surface area contributed by atoms with Gasteiger partial charge in [-0.3, -0.25) is 0 Å². The minimum atomic E-state index is -3.92. The lowest BCUT2D eigenvalue weighted by molar-refractivity contribution is 0.485. The van der Waals surface area contributed by atoms with E-state index in [1.54, 1.807) is 24.3 Å². The highest BCUT2D eigenvalue weighted by atomic mass is 32.2. The first-order valence-corrected chi connectivity index (χ1v) is 7.79. The molecule has 0 bridgehead atoms. The molecule has 0 fully saturated rings. The summed E-state index contributed by atoms with van der Waals surface area (Å²) in [5.41, 5.74) is 3.16. The maximum atomic E-state index is 11.7. The van der Waals surface area contributed by atoms with Crippen LogP contribution in [0.5, 0.6) is 5.75 Å². The highest BCUT2D eigenvalue weighted by Gasteiger charge is 2.22. The number of rotatable bonds is 2. The highest BCUT2D eigenvalue weighted by molar-refractivity contribution is 7.86. The van der Waals surface area contributed by atoms with Crippen molar-refractivity contribution in [3.05, 3.63) is 71.3 Å². The van der Waals surface area contributed by atoms with Gasteiger partial charge < -0.3 is 4.18 Å². The Bertz CT molecular complexity index is 851. The van der Waals surface area contributed by atoms with E-state index >= 15 is 0 Å². The van der Waals surface area contributed by atoms with Gasteiger partial charge in [-0.15, -0.1) is 4.40 Å². The van der Waals surface area contributed by atoms with Gasteiger partial charge in [0.15, 0.2) is 5.75 Å². The highest BCUT2D eigenvalue weighted by Crippen LogP contribution is 2.26. The van der Waals surface area contributed by atoms with E-state index < -0.39 is 10.3 Å². The van der Waals surface area contributed by atoms with Gasteiger partial charge in [0.2, 0.25) is 0 Å². The fourth-order valence-electron chi connectivity index (χ4n) is 2.12. The van der Waals surface area contributed by atoms with E-state index in [1.807, 2.05) is 43.3 Å². The summed E-state index contributed by atoms with van der Waals surface area (Å²) >= 11 is 0. The van der Waals surface area contributed by atoms with E-state index in [1.165, 1.54) is 0 Å². The molecule has 3 rings (SSSR count). The molecule has 21 heavy (non-hydrogen) atoms. The van der Waals surface area contributed by atoms with E-state index in [-0.39, 0.29) is 0 Å². The van der Waals surface area contributed by atoms with Crippen molar-refractivity contribution in [1.82, 2.24) is 0 Å². The Hall–Kier alpha value is -2.40.